The van der Waals surface area contributed by atoms with E-state index in [0.717, 1.165) is 32.1 Å². The molecule has 0 aromatic rings. The van der Waals surface area contributed by atoms with E-state index < -0.39 is 124 Å². The molecule has 0 aliphatic carbocycles. The standard InChI is InChI=1S/C54H101NO18/c1-3-5-7-8-9-10-11-12-13-14-15-16-17-18-19-20-21-22-23-24-25-26-27-28-30-32-42(60)55-37(38(59)31-29-6-4-2)36-68-52-48(66)45(63)50(40(34-57)70-52)73-54-49(67)46(64)51(41(35-58)71-54)72-53-47(65)44(62)43(61)39(33-56)69-53/h14-15,37-41,43-54,56-59,61-67H,3-13,16-36H2,1-2H3,(H,55,60)/b15-14-. The molecule has 1 amide bonds. The molecule has 0 bridgehead atoms. The van der Waals surface area contributed by atoms with Crippen LogP contribution in [0.3, 0.4) is 0 Å². The Kier molecular flexibility index (Phi) is 35.1. The monoisotopic (exact) mass is 1050 g/mol. The van der Waals surface area contributed by atoms with Gasteiger partial charge in [-0.1, -0.05) is 161 Å². The average Bonchev–Trinajstić information content (AvgIpc) is 3.38. The molecule has 0 saturated carbocycles. The third-order valence-electron chi connectivity index (χ3n) is 14.6. The van der Waals surface area contributed by atoms with Crippen LogP contribution >= 0.6 is 0 Å². The van der Waals surface area contributed by atoms with Gasteiger partial charge in [-0.05, 0) is 38.5 Å². The van der Waals surface area contributed by atoms with Gasteiger partial charge < -0.3 is 89.9 Å². The van der Waals surface area contributed by atoms with Gasteiger partial charge in [0.1, 0.15) is 73.2 Å². The highest BCUT2D eigenvalue weighted by molar-refractivity contribution is 5.76. The smallest absolute Gasteiger partial charge is 0.220 e. The molecule has 0 spiro atoms. The minimum Gasteiger partial charge on any atom is -0.394 e. The number of aliphatic hydroxyl groups excluding tert-OH is 11. The highest BCUT2D eigenvalue weighted by atomic mass is 16.8. The van der Waals surface area contributed by atoms with Gasteiger partial charge in [0.2, 0.25) is 5.91 Å². The van der Waals surface area contributed by atoms with Crippen molar-refractivity contribution in [2.24, 2.45) is 0 Å². The van der Waals surface area contributed by atoms with Crippen LogP contribution in [-0.2, 0) is 33.2 Å². The van der Waals surface area contributed by atoms with Gasteiger partial charge in [0.05, 0.1) is 38.6 Å². The molecule has 3 aliphatic heterocycles. The van der Waals surface area contributed by atoms with Crippen LogP contribution in [0.1, 0.15) is 194 Å². The second kappa shape index (κ2) is 39.0. The van der Waals surface area contributed by atoms with E-state index in [1.54, 1.807) is 0 Å². The third-order valence-corrected chi connectivity index (χ3v) is 14.6. The van der Waals surface area contributed by atoms with E-state index in [2.05, 4.69) is 24.4 Å². The van der Waals surface area contributed by atoms with Crippen LogP contribution < -0.4 is 5.32 Å². The molecule has 73 heavy (non-hydrogen) atoms. The molecule has 17 unspecified atom stereocenters. The number of allylic oxidation sites excluding steroid dienone is 2. The van der Waals surface area contributed by atoms with E-state index in [1.807, 2.05) is 6.92 Å². The largest absolute Gasteiger partial charge is 0.394 e. The number of nitrogens with one attached hydrogen (secondary N) is 1. The van der Waals surface area contributed by atoms with E-state index in [1.165, 1.54) is 122 Å². The van der Waals surface area contributed by atoms with Crippen molar-refractivity contribution in [3.05, 3.63) is 12.2 Å². The summed E-state index contributed by atoms with van der Waals surface area (Å²) in [7, 11) is 0. The number of carbonyl (C=O) groups is 1. The van der Waals surface area contributed by atoms with Gasteiger partial charge in [0, 0.05) is 6.42 Å². The summed E-state index contributed by atoms with van der Waals surface area (Å²) in [5, 5.41) is 119. The second-order valence-electron chi connectivity index (χ2n) is 20.8. The molecule has 12 N–H and O–H groups in total. The van der Waals surface area contributed by atoms with Crippen molar-refractivity contribution in [1.82, 2.24) is 5.32 Å². The lowest BCUT2D eigenvalue weighted by Crippen LogP contribution is -2.66. The van der Waals surface area contributed by atoms with E-state index in [0.29, 0.717) is 19.3 Å². The number of ether oxygens (including phenoxy) is 6. The quantitative estimate of drug-likeness (QED) is 0.0306. The van der Waals surface area contributed by atoms with Crippen molar-refractivity contribution in [3.63, 3.8) is 0 Å². The molecule has 3 rings (SSSR count). The highest BCUT2D eigenvalue weighted by Gasteiger charge is 2.53. The summed E-state index contributed by atoms with van der Waals surface area (Å²) in [5.74, 6) is -0.254. The predicted octanol–water partition coefficient (Wildman–Crippen LogP) is 3.82. The fourth-order valence-corrected chi connectivity index (χ4v) is 9.84. The number of amides is 1. The first-order valence-corrected chi connectivity index (χ1v) is 28.4. The number of carbonyl (C=O) groups excluding carboxylic acids is 1. The number of hydrogen-bond donors (Lipinski definition) is 12. The minimum absolute atomic E-state index is 0.254. The van der Waals surface area contributed by atoms with E-state index in [4.69, 9.17) is 28.4 Å². The number of unbranched alkanes of at least 4 members (excludes halogenated alkanes) is 23. The number of aliphatic hydroxyl groups is 11. The molecule has 17 atom stereocenters. The highest BCUT2D eigenvalue weighted by Crippen LogP contribution is 2.33. The van der Waals surface area contributed by atoms with Crippen LogP contribution in [0.2, 0.25) is 0 Å². The molecule has 3 fully saturated rings. The van der Waals surface area contributed by atoms with Crippen molar-refractivity contribution in [2.75, 3.05) is 26.4 Å². The van der Waals surface area contributed by atoms with Gasteiger partial charge in [-0.15, -0.1) is 0 Å². The first-order chi connectivity index (χ1) is 35.3. The lowest BCUT2D eigenvalue weighted by molar-refractivity contribution is -0.379. The van der Waals surface area contributed by atoms with Crippen LogP contribution in [0.5, 0.6) is 0 Å². The summed E-state index contributed by atoms with van der Waals surface area (Å²) in [4.78, 5) is 13.1. The molecular formula is C54H101NO18. The lowest BCUT2D eigenvalue weighted by atomic mass is 9.96. The average molecular weight is 1050 g/mol. The molecule has 3 aliphatic rings. The van der Waals surface area contributed by atoms with Gasteiger partial charge in [0.15, 0.2) is 18.9 Å². The molecule has 0 radical (unpaired) electrons. The van der Waals surface area contributed by atoms with Crippen molar-refractivity contribution in [2.45, 2.75) is 298 Å². The second-order valence-corrected chi connectivity index (χ2v) is 20.8. The summed E-state index contributed by atoms with van der Waals surface area (Å²) >= 11 is 0. The molecule has 19 heteroatoms. The van der Waals surface area contributed by atoms with E-state index >= 15 is 0 Å². The molecule has 3 heterocycles. The number of rotatable bonds is 41. The Balaban J connectivity index is 1.34. The Morgan fingerprint density at radius 1 is 0.479 bits per heavy atom. The van der Waals surface area contributed by atoms with Crippen LogP contribution in [0.15, 0.2) is 12.2 Å². The summed E-state index contributed by atoms with van der Waals surface area (Å²) in [6, 6.07) is -0.879. The Morgan fingerprint density at radius 2 is 0.863 bits per heavy atom. The normalized spacial score (nSPS) is 31.8. The zero-order valence-electron chi connectivity index (χ0n) is 44.4. The van der Waals surface area contributed by atoms with Crippen LogP contribution in [0, 0.1) is 0 Å². The summed E-state index contributed by atoms with van der Waals surface area (Å²) in [5.41, 5.74) is 0. The Morgan fingerprint density at radius 3 is 1.33 bits per heavy atom. The SMILES string of the molecule is CCCCCCCCCC/C=C\CCCCCCCCCCCCCCCC(=O)NC(COC1OC(CO)C(OC2OC(CO)C(OC3OC(CO)C(O)C(O)C3O)C(O)C2O)C(O)C1O)C(O)CCCCC. The van der Waals surface area contributed by atoms with Crippen molar-refractivity contribution in [1.29, 1.82) is 0 Å². The maximum Gasteiger partial charge on any atom is 0.220 e. The van der Waals surface area contributed by atoms with Gasteiger partial charge >= 0.3 is 0 Å². The molecule has 0 aromatic carbocycles. The lowest BCUT2D eigenvalue weighted by Gasteiger charge is -2.48. The third kappa shape index (κ3) is 24.0. The van der Waals surface area contributed by atoms with E-state index in [-0.39, 0.29) is 18.9 Å². The zero-order chi connectivity index (χ0) is 53.4. The maximum atomic E-state index is 13.1. The molecule has 430 valence electrons. The van der Waals surface area contributed by atoms with Crippen LogP contribution in [0.25, 0.3) is 0 Å². The minimum atomic E-state index is -1.97. The molecule has 3 saturated heterocycles. The Labute approximate surface area is 436 Å². The number of hydrogen-bond acceptors (Lipinski definition) is 18. The predicted molar refractivity (Wildman–Crippen MR) is 273 cm³/mol. The molecule has 19 nitrogen and oxygen atoms in total. The molecule has 0 aromatic heterocycles. The Bertz CT molecular complexity index is 1400. The van der Waals surface area contributed by atoms with E-state index in [9.17, 15) is 61.0 Å². The van der Waals surface area contributed by atoms with Gasteiger partial charge in [-0.2, -0.15) is 0 Å². The van der Waals surface area contributed by atoms with Crippen LogP contribution in [0.4, 0.5) is 0 Å². The maximum absolute atomic E-state index is 13.1. The van der Waals surface area contributed by atoms with Gasteiger partial charge in [-0.3, -0.25) is 4.79 Å². The summed E-state index contributed by atoms with van der Waals surface area (Å²) < 4.78 is 34.0. The topological polar surface area (TPSA) is 307 Å². The first kappa shape index (κ1) is 65.8. The fourth-order valence-electron chi connectivity index (χ4n) is 9.84. The summed E-state index contributed by atoms with van der Waals surface area (Å²) in [6.07, 6.45) is 10.2. The van der Waals surface area contributed by atoms with Gasteiger partial charge in [-0.25, -0.2) is 0 Å². The van der Waals surface area contributed by atoms with Gasteiger partial charge in [0.25, 0.3) is 0 Å². The summed E-state index contributed by atoms with van der Waals surface area (Å²) in [6.45, 7) is 1.60. The van der Waals surface area contributed by atoms with Crippen molar-refractivity contribution < 1.29 is 89.4 Å². The Hall–Kier alpha value is -1.47. The molecular weight excluding hydrogens is 951 g/mol. The fraction of sp³-hybridized carbons (Fsp3) is 0.944. The first-order valence-electron chi connectivity index (χ1n) is 28.4. The van der Waals surface area contributed by atoms with Crippen LogP contribution in [-0.4, -0.2) is 193 Å². The van der Waals surface area contributed by atoms with Crippen molar-refractivity contribution in [3.8, 4) is 0 Å². The van der Waals surface area contributed by atoms with Crippen molar-refractivity contribution >= 4 is 5.91 Å². The zero-order valence-corrected chi connectivity index (χ0v) is 44.4.